The number of benzene rings is 1. The number of hydrogen-bond acceptors (Lipinski definition) is 3. The first-order valence-electron chi connectivity index (χ1n) is 8.24. The van der Waals surface area contributed by atoms with E-state index < -0.39 is 11.6 Å². The average molecular weight is 325 g/mol. The van der Waals surface area contributed by atoms with Crippen LogP contribution in [0, 0.1) is 11.6 Å². The van der Waals surface area contributed by atoms with Crippen molar-refractivity contribution in [1.82, 2.24) is 9.80 Å². The summed E-state index contributed by atoms with van der Waals surface area (Å²) in [5, 5.41) is 2.44. The molecule has 0 radical (unpaired) electrons. The van der Waals surface area contributed by atoms with Crippen molar-refractivity contribution >= 4 is 11.6 Å². The number of nitrogens with zero attached hydrogens (tertiary/aromatic N) is 2. The molecule has 0 spiro atoms. The summed E-state index contributed by atoms with van der Waals surface area (Å²) in [6.07, 6.45) is 1.39. The highest BCUT2D eigenvalue weighted by Crippen LogP contribution is 2.17. The molecule has 4 nitrogen and oxygen atoms in total. The van der Waals surface area contributed by atoms with Crippen molar-refractivity contribution in [1.29, 1.82) is 0 Å². The Bertz CT molecular complexity index is 535. The quantitative estimate of drug-likeness (QED) is 0.837. The van der Waals surface area contributed by atoms with Crippen LogP contribution in [0.2, 0.25) is 0 Å². The van der Waals surface area contributed by atoms with Crippen LogP contribution >= 0.6 is 0 Å². The lowest BCUT2D eigenvalue weighted by Crippen LogP contribution is -2.37. The summed E-state index contributed by atoms with van der Waals surface area (Å²) in [4.78, 5) is 16.6. The predicted molar refractivity (Wildman–Crippen MR) is 87.4 cm³/mol. The molecule has 1 aliphatic rings. The van der Waals surface area contributed by atoms with Crippen molar-refractivity contribution in [3.05, 3.63) is 29.8 Å². The lowest BCUT2D eigenvalue weighted by atomic mass is 10.2. The molecule has 1 aromatic carbocycles. The zero-order chi connectivity index (χ0) is 16.8. The van der Waals surface area contributed by atoms with Crippen LogP contribution in [-0.4, -0.2) is 54.5 Å². The molecule has 1 aromatic rings. The van der Waals surface area contributed by atoms with Gasteiger partial charge in [0.15, 0.2) is 0 Å². The van der Waals surface area contributed by atoms with Gasteiger partial charge in [0.25, 0.3) is 0 Å². The number of hydrogen-bond donors (Lipinski definition) is 1. The van der Waals surface area contributed by atoms with Crippen molar-refractivity contribution in [3.63, 3.8) is 0 Å². The number of carbonyl (C=O) groups is 1. The van der Waals surface area contributed by atoms with Gasteiger partial charge >= 0.3 is 0 Å². The Morgan fingerprint density at radius 2 is 2.09 bits per heavy atom. The third kappa shape index (κ3) is 4.97. The average Bonchev–Trinajstić information content (AvgIpc) is 2.99. The molecule has 0 aromatic heterocycles. The number of anilines is 1. The van der Waals surface area contributed by atoms with Crippen LogP contribution in [-0.2, 0) is 4.79 Å². The zero-order valence-electron chi connectivity index (χ0n) is 13.8. The van der Waals surface area contributed by atoms with Gasteiger partial charge < -0.3 is 10.2 Å². The highest BCUT2D eigenvalue weighted by atomic mass is 19.1. The van der Waals surface area contributed by atoms with Gasteiger partial charge in [0.05, 0.1) is 5.69 Å². The maximum absolute atomic E-state index is 13.5. The number of carbonyl (C=O) groups excluding carboxylic acids is 1. The van der Waals surface area contributed by atoms with E-state index in [-0.39, 0.29) is 18.0 Å². The van der Waals surface area contributed by atoms with Crippen molar-refractivity contribution in [2.24, 2.45) is 0 Å². The third-order valence-electron chi connectivity index (χ3n) is 4.43. The Morgan fingerprint density at radius 1 is 1.35 bits per heavy atom. The molecule has 1 saturated heterocycles. The van der Waals surface area contributed by atoms with E-state index in [4.69, 9.17) is 0 Å². The zero-order valence-corrected chi connectivity index (χ0v) is 13.8. The highest BCUT2D eigenvalue weighted by Gasteiger charge is 2.26. The van der Waals surface area contributed by atoms with E-state index in [9.17, 15) is 13.6 Å². The number of rotatable bonds is 7. The fourth-order valence-corrected chi connectivity index (χ4v) is 3.12. The van der Waals surface area contributed by atoms with Crippen molar-refractivity contribution in [2.75, 3.05) is 38.0 Å². The SMILES string of the molecule is CCN(CC)[C@H]1CCN(CCC(=O)Nc2cc(F)ccc2F)C1. The molecule has 0 saturated carbocycles. The number of amides is 1. The monoisotopic (exact) mass is 325 g/mol. The standard InChI is InChI=1S/C17H25F2N3O/c1-3-22(4-2)14-7-9-21(12-14)10-8-17(23)20-16-11-13(18)5-6-15(16)19/h5-6,11,14H,3-4,7-10,12H2,1-2H3,(H,20,23)/t14-/m0/s1. The van der Waals surface area contributed by atoms with Gasteiger partial charge in [-0.2, -0.15) is 0 Å². The molecule has 0 bridgehead atoms. The Balaban J connectivity index is 1.78. The van der Waals surface area contributed by atoms with Crippen LogP contribution in [0.4, 0.5) is 14.5 Å². The molecular formula is C17H25F2N3O. The van der Waals surface area contributed by atoms with E-state index in [1.807, 2.05) is 0 Å². The Hall–Kier alpha value is -1.53. The van der Waals surface area contributed by atoms with Gasteiger partial charge in [-0.1, -0.05) is 13.8 Å². The van der Waals surface area contributed by atoms with E-state index in [1.165, 1.54) is 0 Å². The maximum atomic E-state index is 13.5. The van der Waals surface area contributed by atoms with Crippen molar-refractivity contribution < 1.29 is 13.6 Å². The molecule has 0 aliphatic carbocycles. The Kier molecular flexibility index (Phi) is 6.47. The molecule has 6 heteroatoms. The van der Waals surface area contributed by atoms with Gasteiger partial charge in [-0.25, -0.2) is 8.78 Å². The first-order chi connectivity index (χ1) is 11.0. The lowest BCUT2D eigenvalue weighted by Gasteiger charge is -2.26. The first kappa shape index (κ1) is 17.8. The molecule has 0 unspecified atom stereocenters. The molecule has 23 heavy (non-hydrogen) atoms. The second-order valence-electron chi connectivity index (χ2n) is 5.89. The van der Waals surface area contributed by atoms with Crippen LogP contribution in [0.15, 0.2) is 18.2 Å². The molecule has 128 valence electrons. The van der Waals surface area contributed by atoms with Crippen LogP contribution in [0.5, 0.6) is 0 Å². The summed E-state index contributed by atoms with van der Waals surface area (Å²) < 4.78 is 26.6. The summed E-state index contributed by atoms with van der Waals surface area (Å²) in [5.74, 6) is -1.48. The van der Waals surface area contributed by atoms with Crippen molar-refractivity contribution in [3.8, 4) is 0 Å². The van der Waals surface area contributed by atoms with Gasteiger partial charge in [-0.15, -0.1) is 0 Å². The van der Waals surface area contributed by atoms with E-state index in [0.29, 0.717) is 12.6 Å². The smallest absolute Gasteiger partial charge is 0.225 e. The molecule has 2 rings (SSSR count). The van der Waals surface area contributed by atoms with Gasteiger partial charge in [0.1, 0.15) is 11.6 Å². The highest BCUT2D eigenvalue weighted by molar-refractivity contribution is 5.90. The normalized spacial score (nSPS) is 18.6. The minimum Gasteiger partial charge on any atom is -0.323 e. The molecule has 1 N–H and O–H groups in total. The largest absolute Gasteiger partial charge is 0.323 e. The Morgan fingerprint density at radius 3 is 2.78 bits per heavy atom. The molecule has 1 amide bonds. The molecule has 1 fully saturated rings. The maximum Gasteiger partial charge on any atom is 0.225 e. The minimum absolute atomic E-state index is 0.0996. The number of halogens is 2. The van der Waals surface area contributed by atoms with E-state index >= 15 is 0 Å². The van der Waals surface area contributed by atoms with Crippen LogP contribution in [0.1, 0.15) is 26.7 Å². The van der Waals surface area contributed by atoms with Gasteiger partial charge in [-0.05, 0) is 38.2 Å². The molecule has 1 atom stereocenters. The topological polar surface area (TPSA) is 35.6 Å². The van der Waals surface area contributed by atoms with Gasteiger partial charge in [-0.3, -0.25) is 9.69 Å². The first-order valence-corrected chi connectivity index (χ1v) is 8.24. The van der Waals surface area contributed by atoms with E-state index in [2.05, 4.69) is 29.0 Å². The van der Waals surface area contributed by atoms with E-state index in [0.717, 1.165) is 50.8 Å². The molecule has 1 aliphatic heterocycles. The number of likely N-dealkylation sites (N-methyl/N-ethyl adjacent to an activating group) is 1. The number of likely N-dealkylation sites (tertiary alicyclic amines) is 1. The summed E-state index contributed by atoms with van der Waals surface area (Å²) in [5.41, 5.74) is -0.0996. The fourth-order valence-electron chi connectivity index (χ4n) is 3.12. The third-order valence-corrected chi connectivity index (χ3v) is 4.43. The van der Waals surface area contributed by atoms with Crippen LogP contribution < -0.4 is 5.32 Å². The summed E-state index contributed by atoms with van der Waals surface area (Å²) in [6, 6.07) is 3.59. The minimum atomic E-state index is -0.623. The lowest BCUT2D eigenvalue weighted by molar-refractivity contribution is -0.116. The fraction of sp³-hybridized carbons (Fsp3) is 0.588. The summed E-state index contributed by atoms with van der Waals surface area (Å²) >= 11 is 0. The van der Waals surface area contributed by atoms with Crippen molar-refractivity contribution in [2.45, 2.75) is 32.7 Å². The summed E-state index contributed by atoms with van der Waals surface area (Å²) in [6.45, 7) is 8.97. The van der Waals surface area contributed by atoms with Crippen LogP contribution in [0.3, 0.4) is 0 Å². The second-order valence-corrected chi connectivity index (χ2v) is 5.89. The number of nitrogens with one attached hydrogen (secondary N) is 1. The van der Waals surface area contributed by atoms with Gasteiger partial charge in [0.2, 0.25) is 5.91 Å². The van der Waals surface area contributed by atoms with E-state index in [1.54, 1.807) is 0 Å². The molecular weight excluding hydrogens is 300 g/mol. The van der Waals surface area contributed by atoms with Crippen LogP contribution in [0.25, 0.3) is 0 Å². The second kappa shape index (κ2) is 8.36. The van der Waals surface area contributed by atoms with Gasteiger partial charge in [0, 0.05) is 31.6 Å². The Labute approximate surface area is 136 Å². The molecule has 1 heterocycles. The predicted octanol–water partition coefficient (Wildman–Crippen LogP) is 2.71. The summed E-state index contributed by atoms with van der Waals surface area (Å²) in [7, 11) is 0.